The second kappa shape index (κ2) is 11.2. The molecule has 150 valence electrons. The van der Waals surface area contributed by atoms with Gasteiger partial charge in [0.1, 0.15) is 5.75 Å². The van der Waals surface area contributed by atoms with Gasteiger partial charge in [0.15, 0.2) is 11.5 Å². The minimum atomic E-state index is -0.264. The van der Waals surface area contributed by atoms with Crippen LogP contribution in [-0.4, -0.2) is 26.7 Å². The molecule has 0 aliphatic heterocycles. The molecule has 2 rings (SSSR count). The Bertz CT molecular complexity index is 820. The van der Waals surface area contributed by atoms with E-state index in [1.807, 2.05) is 18.2 Å². The summed E-state index contributed by atoms with van der Waals surface area (Å²) in [5.41, 5.74) is 1.43. The zero-order valence-electron chi connectivity index (χ0n) is 16.5. The van der Waals surface area contributed by atoms with Gasteiger partial charge in [-0.2, -0.15) is 0 Å². The standard InChI is InChI=1S/C22H26ClNO4/c1-4-5-6-13-28-20-10-7-16(14-21(20)27-3)8-12-22(25)24-17-9-11-19(26-2)18(23)15-17/h7-12,14-15H,4-6,13H2,1-3H3,(H,24,25)/b12-8+. The lowest BCUT2D eigenvalue weighted by molar-refractivity contribution is -0.111. The fourth-order valence-electron chi connectivity index (χ4n) is 2.54. The zero-order valence-corrected chi connectivity index (χ0v) is 17.2. The third-order valence-corrected chi connectivity index (χ3v) is 4.33. The Kier molecular flexibility index (Phi) is 8.69. The number of benzene rings is 2. The van der Waals surface area contributed by atoms with Gasteiger partial charge in [-0.05, 0) is 48.4 Å². The SMILES string of the molecule is CCCCCOc1ccc(/C=C/C(=O)Nc2ccc(OC)c(Cl)c2)cc1OC. The van der Waals surface area contributed by atoms with Crippen LogP contribution in [0.25, 0.3) is 6.08 Å². The summed E-state index contributed by atoms with van der Waals surface area (Å²) in [7, 11) is 3.14. The molecule has 0 spiro atoms. The molecule has 0 radical (unpaired) electrons. The smallest absolute Gasteiger partial charge is 0.248 e. The van der Waals surface area contributed by atoms with Crippen molar-refractivity contribution in [1.82, 2.24) is 0 Å². The fourth-order valence-corrected chi connectivity index (χ4v) is 2.80. The number of amides is 1. The molecule has 0 saturated carbocycles. The Morgan fingerprint density at radius 3 is 2.46 bits per heavy atom. The zero-order chi connectivity index (χ0) is 20.4. The fraction of sp³-hybridized carbons (Fsp3) is 0.318. The number of rotatable bonds is 10. The average molecular weight is 404 g/mol. The predicted molar refractivity (Wildman–Crippen MR) is 114 cm³/mol. The molecular weight excluding hydrogens is 378 g/mol. The van der Waals surface area contributed by atoms with E-state index < -0.39 is 0 Å². The van der Waals surface area contributed by atoms with E-state index >= 15 is 0 Å². The average Bonchev–Trinajstić information content (AvgIpc) is 2.70. The number of carbonyl (C=O) groups excluding carboxylic acids is 1. The number of hydrogen-bond acceptors (Lipinski definition) is 4. The predicted octanol–water partition coefficient (Wildman–Crippen LogP) is 5.58. The van der Waals surface area contributed by atoms with Crippen LogP contribution in [0.4, 0.5) is 5.69 Å². The number of carbonyl (C=O) groups is 1. The van der Waals surface area contributed by atoms with Crippen molar-refractivity contribution >= 4 is 29.3 Å². The molecule has 1 N–H and O–H groups in total. The van der Waals surface area contributed by atoms with Gasteiger partial charge in [-0.15, -0.1) is 0 Å². The molecule has 1 amide bonds. The monoisotopic (exact) mass is 403 g/mol. The first-order valence-corrected chi connectivity index (χ1v) is 9.58. The van der Waals surface area contributed by atoms with E-state index in [9.17, 15) is 4.79 Å². The highest BCUT2D eigenvalue weighted by Gasteiger charge is 2.06. The summed E-state index contributed by atoms with van der Waals surface area (Å²) >= 11 is 6.07. The molecule has 0 bridgehead atoms. The topological polar surface area (TPSA) is 56.8 Å². The normalized spacial score (nSPS) is 10.7. The molecule has 0 heterocycles. The Morgan fingerprint density at radius 1 is 1.04 bits per heavy atom. The Morgan fingerprint density at radius 2 is 1.79 bits per heavy atom. The lowest BCUT2D eigenvalue weighted by Crippen LogP contribution is -2.07. The third-order valence-electron chi connectivity index (χ3n) is 4.04. The number of ether oxygens (including phenoxy) is 3. The summed E-state index contributed by atoms with van der Waals surface area (Å²) in [6.07, 6.45) is 6.46. The van der Waals surface area contributed by atoms with Gasteiger partial charge in [-0.25, -0.2) is 0 Å². The molecule has 2 aromatic carbocycles. The number of unbranched alkanes of at least 4 members (excludes halogenated alkanes) is 2. The highest BCUT2D eigenvalue weighted by atomic mass is 35.5. The second-order valence-corrected chi connectivity index (χ2v) is 6.54. The van der Waals surface area contributed by atoms with Gasteiger partial charge in [0.2, 0.25) is 5.91 Å². The molecule has 0 saturated heterocycles. The minimum absolute atomic E-state index is 0.264. The van der Waals surface area contributed by atoms with Gasteiger partial charge in [-0.1, -0.05) is 37.4 Å². The molecule has 5 nitrogen and oxygen atoms in total. The number of hydrogen-bond donors (Lipinski definition) is 1. The Labute approximate surface area is 171 Å². The summed E-state index contributed by atoms with van der Waals surface area (Å²) in [5, 5.41) is 3.20. The van der Waals surface area contributed by atoms with E-state index in [4.69, 9.17) is 25.8 Å². The van der Waals surface area contributed by atoms with Gasteiger partial charge >= 0.3 is 0 Å². The summed E-state index contributed by atoms with van der Waals surface area (Å²) in [4.78, 5) is 12.1. The van der Waals surface area contributed by atoms with Crippen LogP contribution in [0.15, 0.2) is 42.5 Å². The van der Waals surface area contributed by atoms with Crippen molar-refractivity contribution in [1.29, 1.82) is 0 Å². The summed E-state index contributed by atoms with van der Waals surface area (Å²) < 4.78 is 16.3. The maximum absolute atomic E-state index is 12.1. The third kappa shape index (κ3) is 6.50. The van der Waals surface area contributed by atoms with E-state index in [-0.39, 0.29) is 5.91 Å². The maximum Gasteiger partial charge on any atom is 0.248 e. The molecule has 2 aromatic rings. The van der Waals surface area contributed by atoms with Gasteiger partial charge in [0, 0.05) is 11.8 Å². The molecular formula is C22H26ClNO4. The number of nitrogens with one attached hydrogen (secondary N) is 1. The first kappa shape index (κ1) is 21.6. The minimum Gasteiger partial charge on any atom is -0.495 e. The van der Waals surface area contributed by atoms with E-state index in [2.05, 4.69) is 12.2 Å². The number of halogens is 1. The van der Waals surface area contributed by atoms with Crippen LogP contribution in [0.3, 0.4) is 0 Å². The van der Waals surface area contributed by atoms with Crippen molar-refractivity contribution in [3.8, 4) is 17.2 Å². The van der Waals surface area contributed by atoms with Crippen molar-refractivity contribution in [2.24, 2.45) is 0 Å². The number of methoxy groups -OCH3 is 2. The van der Waals surface area contributed by atoms with Crippen LogP contribution >= 0.6 is 11.6 Å². The quantitative estimate of drug-likeness (QED) is 0.415. The van der Waals surface area contributed by atoms with Crippen LogP contribution in [0, 0.1) is 0 Å². The molecule has 28 heavy (non-hydrogen) atoms. The Hall–Kier alpha value is -2.66. The van der Waals surface area contributed by atoms with Crippen LogP contribution in [0.5, 0.6) is 17.2 Å². The van der Waals surface area contributed by atoms with Crippen LogP contribution in [0.1, 0.15) is 31.7 Å². The lowest BCUT2D eigenvalue weighted by Gasteiger charge is -2.11. The van der Waals surface area contributed by atoms with Crippen LogP contribution in [0.2, 0.25) is 5.02 Å². The van der Waals surface area contributed by atoms with Crippen molar-refractivity contribution in [2.75, 3.05) is 26.1 Å². The van der Waals surface area contributed by atoms with E-state index in [1.165, 1.54) is 13.2 Å². The van der Waals surface area contributed by atoms with Crippen molar-refractivity contribution in [2.45, 2.75) is 26.2 Å². The molecule has 6 heteroatoms. The van der Waals surface area contributed by atoms with Crippen molar-refractivity contribution < 1.29 is 19.0 Å². The largest absolute Gasteiger partial charge is 0.495 e. The van der Waals surface area contributed by atoms with Crippen molar-refractivity contribution in [3.05, 3.63) is 53.1 Å². The molecule has 0 fully saturated rings. The first-order chi connectivity index (χ1) is 13.6. The highest BCUT2D eigenvalue weighted by Crippen LogP contribution is 2.29. The molecule has 0 unspecified atom stereocenters. The Balaban J connectivity index is 1.98. The van der Waals surface area contributed by atoms with E-state index in [0.717, 1.165) is 24.8 Å². The van der Waals surface area contributed by atoms with Gasteiger partial charge in [-0.3, -0.25) is 4.79 Å². The van der Waals surface area contributed by atoms with Gasteiger partial charge in [0.05, 0.1) is 25.8 Å². The summed E-state index contributed by atoms with van der Waals surface area (Å²) in [6, 6.07) is 10.6. The molecule has 0 aliphatic rings. The molecule has 0 aromatic heterocycles. The van der Waals surface area contributed by atoms with E-state index in [1.54, 1.807) is 31.4 Å². The van der Waals surface area contributed by atoms with Crippen LogP contribution < -0.4 is 19.5 Å². The highest BCUT2D eigenvalue weighted by molar-refractivity contribution is 6.32. The first-order valence-electron chi connectivity index (χ1n) is 9.20. The molecule has 0 aliphatic carbocycles. The van der Waals surface area contributed by atoms with Gasteiger partial charge < -0.3 is 19.5 Å². The second-order valence-electron chi connectivity index (χ2n) is 6.14. The molecule has 0 atom stereocenters. The van der Waals surface area contributed by atoms with Crippen molar-refractivity contribution in [3.63, 3.8) is 0 Å². The van der Waals surface area contributed by atoms with Crippen LogP contribution in [-0.2, 0) is 4.79 Å². The maximum atomic E-state index is 12.1. The number of anilines is 1. The summed E-state index contributed by atoms with van der Waals surface area (Å²) in [6.45, 7) is 2.81. The van der Waals surface area contributed by atoms with E-state index in [0.29, 0.717) is 34.6 Å². The summed E-state index contributed by atoms with van der Waals surface area (Å²) in [5.74, 6) is 1.63. The lowest BCUT2D eigenvalue weighted by atomic mass is 10.2. The van der Waals surface area contributed by atoms with Gasteiger partial charge in [0.25, 0.3) is 0 Å².